The monoisotopic (exact) mass is 488 g/mol. The first-order valence-electron chi connectivity index (χ1n) is 10.8. The summed E-state index contributed by atoms with van der Waals surface area (Å²) in [5, 5.41) is 26.2. The third kappa shape index (κ3) is 5.54. The van der Waals surface area contributed by atoms with Gasteiger partial charge >= 0.3 is 5.63 Å². The van der Waals surface area contributed by atoms with Crippen LogP contribution in [-0.2, 0) is 0 Å². The molecule has 0 saturated heterocycles. The van der Waals surface area contributed by atoms with Crippen LogP contribution < -0.4 is 15.7 Å². The zero-order chi connectivity index (χ0) is 24.8. The summed E-state index contributed by atoms with van der Waals surface area (Å²) >= 11 is 1.20. The number of hydrogen-bond acceptors (Lipinski definition) is 9. The molecule has 0 atom stereocenters. The molecule has 2 aromatic carbocycles. The predicted molar refractivity (Wildman–Crippen MR) is 134 cm³/mol. The molecule has 4 aromatic rings. The molecule has 10 heteroatoms. The SMILES string of the molecule is CCCCOc1ccc(N/C=C(/C#N)c2nc(-c3cc4cc([N+](=O)[O-])ccc4oc3=O)cs2)cc1. The fourth-order valence-corrected chi connectivity index (χ4v) is 3.99. The van der Waals surface area contributed by atoms with E-state index < -0.39 is 10.5 Å². The van der Waals surface area contributed by atoms with Gasteiger partial charge in [0.1, 0.15) is 28.0 Å². The van der Waals surface area contributed by atoms with Gasteiger partial charge in [-0.3, -0.25) is 10.1 Å². The Morgan fingerprint density at radius 1 is 1.29 bits per heavy atom. The van der Waals surface area contributed by atoms with Crippen LogP contribution in [0.1, 0.15) is 24.8 Å². The van der Waals surface area contributed by atoms with Crippen LogP contribution in [0.2, 0.25) is 0 Å². The summed E-state index contributed by atoms with van der Waals surface area (Å²) in [4.78, 5) is 27.4. The van der Waals surface area contributed by atoms with Gasteiger partial charge in [-0.05, 0) is 42.8 Å². The molecule has 4 rings (SSSR count). The summed E-state index contributed by atoms with van der Waals surface area (Å²) in [6.07, 6.45) is 3.60. The van der Waals surface area contributed by atoms with Crippen molar-refractivity contribution >= 4 is 39.3 Å². The second-order valence-electron chi connectivity index (χ2n) is 7.51. The van der Waals surface area contributed by atoms with Crippen molar-refractivity contribution in [2.24, 2.45) is 0 Å². The van der Waals surface area contributed by atoms with Crippen molar-refractivity contribution in [1.82, 2.24) is 4.98 Å². The molecule has 0 amide bonds. The fraction of sp³-hybridized carbons (Fsp3) is 0.160. The fourth-order valence-electron chi connectivity index (χ4n) is 3.20. The van der Waals surface area contributed by atoms with Crippen LogP contribution in [0, 0.1) is 21.4 Å². The smallest absolute Gasteiger partial charge is 0.345 e. The summed E-state index contributed by atoms with van der Waals surface area (Å²) < 4.78 is 11.0. The summed E-state index contributed by atoms with van der Waals surface area (Å²) in [6.45, 7) is 2.77. The van der Waals surface area contributed by atoms with Gasteiger partial charge in [-0.1, -0.05) is 13.3 Å². The molecular weight excluding hydrogens is 468 g/mol. The molecule has 176 valence electrons. The number of fused-ring (bicyclic) bond motifs is 1. The van der Waals surface area contributed by atoms with Crippen LogP contribution in [0.15, 0.2) is 69.3 Å². The summed E-state index contributed by atoms with van der Waals surface area (Å²) in [7, 11) is 0. The minimum Gasteiger partial charge on any atom is -0.494 e. The van der Waals surface area contributed by atoms with Crippen LogP contribution in [0.25, 0.3) is 27.8 Å². The number of thiazole rings is 1. The minimum absolute atomic E-state index is 0.113. The molecule has 0 spiro atoms. The van der Waals surface area contributed by atoms with Gasteiger partial charge in [-0.25, -0.2) is 9.78 Å². The minimum atomic E-state index is -0.620. The van der Waals surface area contributed by atoms with Gasteiger partial charge in [0.2, 0.25) is 0 Å². The van der Waals surface area contributed by atoms with E-state index in [9.17, 15) is 20.2 Å². The molecule has 0 fully saturated rings. The quantitative estimate of drug-likeness (QED) is 0.100. The number of nitro benzene ring substituents is 1. The molecular formula is C25H20N4O5S. The second kappa shape index (κ2) is 10.6. The number of nitriles is 1. The highest BCUT2D eigenvalue weighted by molar-refractivity contribution is 7.11. The Bertz CT molecular complexity index is 1500. The number of nitrogens with one attached hydrogen (secondary N) is 1. The number of allylic oxidation sites excluding steroid dienone is 1. The number of ether oxygens (including phenoxy) is 1. The first kappa shape index (κ1) is 23.7. The maximum Gasteiger partial charge on any atom is 0.345 e. The Kier molecular flexibility index (Phi) is 7.18. The van der Waals surface area contributed by atoms with E-state index >= 15 is 0 Å². The van der Waals surface area contributed by atoms with Gasteiger partial charge in [0.15, 0.2) is 0 Å². The summed E-state index contributed by atoms with van der Waals surface area (Å²) in [6, 6.07) is 15.0. The lowest BCUT2D eigenvalue weighted by Crippen LogP contribution is -2.03. The van der Waals surface area contributed by atoms with Gasteiger partial charge in [0.05, 0.1) is 22.8 Å². The number of unbranched alkanes of at least 4 members (excludes halogenated alkanes) is 1. The Balaban J connectivity index is 1.55. The lowest BCUT2D eigenvalue weighted by atomic mass is 10.1. The van der Waals surface area contributed by atoms with E-state index in [1.807, 2.05) is 24.3 Å². The molecule has 9 nitrogen and oxygen atoms in total. The van der Waals surface area contributed by atoms with Gasteiger partial charge in [-0.2, -0.15) is 5.26 Å². The van der Waals surface area contributed by atoms with Gasteiger partial charge in [-0.15, -0.1) is 11.3 Å². The Labute approximate surface area is 204 Å². The van der Waals surface area contributed by atoms with Crippen molar-refractivity contribution in [2.45, 2.75) is 19.8 Å². The molecule has 0 aliphatic heterocycles. The van der Waals surface area contributed by atoms with Crippen LogP contribution in [0.5, 0.6) is 5.75 Å². The van der Waals surface area contributed by atoms with E-state index in [1.165, 1.54) is 35.6 Å². The average molecular weight is 489 g/mol. The second-order valence-corrected chi connectivity index (χ2v) is 8.36. The lowest BCUT2D eigenvalue weighted by molar-refractivity contribution is -0.384. The van der Waals surface area contributed by atoms with Crippen molar-refractivity contribution in [3.05, 3.63) is 85.7 Å². The molecule has 0 aliphatic rings. The van der Waals surface area contributed by atoms with E-state index in [0.29, 0.717) is 22.7 Å². The molecule has 2 aromatic heterocycles. The van der Waals surface area contributed by atoms with E-state index in [-0.39, 0.29) is 22.4 Å². The van der Waals surface area contributed by atoms with Crippen LogP contribution in [0.4, 0.5) is 11.4 Å². The van der Waals surface area contributed by atoms with Crippen molar-refractivity contribution in [3.63, 3.8) is 0 Å². The highest BCUT2D eigenvalue weighted by Crippen LogP contribution is 2.28. The van der Waals surface area contributed by atoms with Gasteiger partial charge in [0, 0.05) is 34.8 Å². The molecule has 0 aliphatic carbocycles. The van der Waals surface area contributed by atoms with Crippen LogP contribution in [0.3, 0.4) is 0 Å². The summed E-state index contributed by atoms with van der Waals surface area (Å²) in [5.41, 5.74) is 1.04. The van der Waals surface area contributed by atoms with E-state index in [1.54, 1.807) is 11.6 Å². The largest absolute Gasteiger partial charge is 0.494 e. The average Bonchev–Trinajstić information content (AvgIpc) is 3.34. The Morgan fingerprint density at radius 3 is 2.80 bits per heavy atom. The molecule has 0 saturated carbocycles. The van der Waals surface area contributed by atoms with Gasteiger partial charge < -0.3 is 14.5 Å². The van der Waals surface area contributed by atoms with Crippen molar-refractivity contribution in [1.29, 1.82) is 5.26 Å². The topological polar surface area (TPSA) is 131 Å². The van der Waals surface area contributed by atoms with Gasteiger partial charge in [0.25, 0.3) is 5.69 Å². The van der Waals surface area contributed by atoms with E-state index in [0.717, 1.165) is 24.3 Å². The molecule has 0 radical (unpaired) electrons. The molecule has 2 heterocycles. The summed E-state index contributed by atoms with van der Waals surface area (Å²) in [5.74, 6) is 0.776. The lowest BCUT2D eigenvalue weighted by Gasteiger charge is -2.06. The van der Waals surface area contributed by atoms with Crippen molar-refractivity contribution < 1.29 is 14.1 Å². The highest BCUT2D eigenvalue weighted by Gasteiger charge is 2.15. The number of benzene rings is 2. The number of rotatable bonds is 9. The Morgan fingerprint density at radius 2 is 2.09 bits per heavy atom. The first-order valence-corrected chi connectivity index (χ1v) is 11.6. The highest BCUT2D eigenvalue weighted by atomic mass is 32.1. The first-order chi connectivity index (χ1) is 17.0. The molecule has 1 N–H and O–H groups in total. The number of aromatic nitrogens is 1. The standard InChI is InChI=1S/C25H20N4O5S/c1-2-3-10-33-20-7-4-18(5-8-20)27-14-17(13-26)24-28-22(15-35-24)21-12-16-11-19(29(31)32)6-9-23(16)34-25(21)30/h4-9,11-12,14-15,27H,2-3,10H2,1H3/b17-14-. The molecule has 0 unspecified atom stereocenters. The van der Waals surface area contributed by atoms with Crippen LogP contribution in [-0.4, -0.2) is 16.5 Å². The number of non-ortho nitro benzene ring substituents is 1. The zero-order valence-electron chi connectivity index (χ0n) is 18.7. The maximum absolute atomic E-state index is 12.5. The normalized spacial score (nSPS) is 11.3. The molecule has 0 bridgehead atoms. The number of hydrogen-bond donors (Lipinski definition) is 1. The van der Waals surface area contributed by atoms with E-state index in [4.69, 9.17) is 9.15 Å². The number of anilines is 1. The third-order valence-corrected chi connectivity index (χ3v) is 5.94. The predicted octanol–water partition coefficient (Wildman–Crippen LogP) is 5.98. The van der Waals surface area contributed by atoms with Crippen molar-refractivity contribution in [2.75, 3.05) is 11.9 Å². The Hall–Kier alpha value is -4.49. The maximum atomic E-state index is 12.5. The van der Waals surface area contributed by atoms with E-state index in [2.05, 4.69) is 23.3 Å². The zero-order valence-corrected chi connectivity index (χ0v) is 19.5. The van der Waals surface area contributed by atoms with Crippen LogP contribution >= 0.6 is 11.3 Å². The molecule has 35 heavy (non-hydrogen) atoms. The van der Waals surface area contributed by atoms with Crippen molar-refractivity contribution in [3.8, 4) is 23.1 Å². The number of nitrogens with zero attached hydrogens (tertiary/aromatic N) is 3. The number of nitro groups is 1. The third-order valence-electron chi connectivity index (χ3n) is 5.06.